The molecule has 7 heteroatoms. The topological polar surface area (TPSA) is 65.7 Å². The molecule has 1 aliphatic heterocycles. The van der Waals surface area contributed by atoms with Gasteiger partial charge < -0.3 is 15.3 Å². The molecule has 1 aliphatic carbocycles. The maximum Gasteiger partial charge on any atom is 0.194 e. The minimum absolute atomic E-state index is 0. The Morgan fingerprint density at radius 3 is 2.88 bits per heavy atom. The molecule has 2 N–H and O–H groups in total. The van der Waals surface area contributed by atoms with Crippen LogP contribution in [0.2, 0.25) is 0 Å². The van der Waals surface area contributed by atoms with Gasteiger partial charge in [0.2, 0.25) is 0 Å². The van der Waals surface area contributed by atoms with Crippen molar-refractivity contribution < 1.29 is 5.11 Å². The molecule has 0 radical (unpaired) electrons. The van der Waals surface area contributed by atoms with Crippen molar-refractivity contribution in [3.63, 3.8) is 0 Å². The Morgan fingerprint density at radius 2 is 2.29 bits per heavy atom. The number of halogens is 1. The van der Waals surface area contributed by atoms with Crippen LogP contribution in [-0.2, 0) is 13.5 Å². The van der Waals surface area contributed by atoms with Gasteiger partial charge in [-0.2, -0.15) is 5.10 Å². The van der Waals surface area contributed by atoms with Crippen molar-refractivity contribution in [3.8, 4) is 0 Å². The van der Waals surface area contributed by atoms with E-state index in [4.69, 9.17) is 4.99 Å². The quantitative estimate of drug-likeness (QED) is 0.411. The first-order valence-corrected chi connectivity index (χ1v) is 8.81. The number of likely N-dealkylation sites (tertiary alicyclic amines) is 1. The van der Waals surface area contributed by atoms with Crippen LogP contribution in [0, 0.1) is 5.92 Å². The standard InChI is InChI=1S/C17H29N5O.HI/c1-3-18-16(19-13-17(23)6-4-7-17)22-8-5-14(12-22)9-15-10-20-21(2)11-15;/h10-11,14,23H,3-9,12-13H2,1-2H3,(H,18,19);1H. The van der Waals surface area contributed by atoms with Crippen LogP contribution in [0.5, 0.6) is 0 Å². The van der Waals surface area contributed by atoms with E-state index in [9.17, 15) is 5.11 Å². The predicted octanol–water partition coefficient (Wildman–Crippen LogP) is 1.78. The van der Waals surface area contributed by atoms with Gasteiger partial charge in [0.25, 0.3) is 0 Å². The summed E-state index contributed by atoms with van der Waals surface area (Å²) >= 11 is 0. The monoisotopic (exact) mass is 447 g/mol. The van der Waals surface area contributed by atoms with Gasteiger partial charge in [-0.15, -0.1) is 24.0 Å². The first-order valence-electron chi connectivity index (χ1n) is 8.81. The second-order valence-corrected chi connectivity index (χ2v) is 7.08. The first-order chi connectivity index (χ1) is 11.1. The van der Waals surface area contributed by atoms with Crippen LogP contribution >= 0.6 is 24.0 Å². The number of aliphatic imine (C=N–C) groups is 1. The van der Waals surface area contributed by atoms with Crippen LogP contribution in [0.3, 0.4) is 0 Å². The molecule has 24 heavy (non-hydrogen) atoms. The molecule has 1 saturated heterocycles. The molecule has 2 fully saturated rings. The van der Waals surface area contributed by atoms with Crippen LogP contribution < -0.4 is 5.32 Å². The summed E-state index contributed by atoms with van der Waals surface area (Å²) in [6.45, 7) is 5.55. The number of hydrogen-bond acceptors (Lipinski definition) is 3. The van der Waals surface area contributed by atoms with E-state index >= 15 is 0 Å². The van der Waals surface area contributed by atoms with Crippen molar-refractivity contribution in [2.45, 2.75) is 44.6 Å². The van der Waals surface area contributed by atoms with Crippen LogP contribution in [-0.4, -0.2) is 57.5 Å². The van der Waals surface area contributed by atoms with Crippen molar-refractivity contribution in [3.05, 3.63) is 18.0 Å². The molecule has 1 unspecified atom stereocenters. The fraction of sp³-hybridized carbons (Fsp3) is 0.765. The Hall–Kier alpha value is -0.830. The summed E-state index contributed by atoms with van der Waals surface area (Å²) in [7, 11) is 1.96. The molecule has 1 atom stereocenters. The minimum atomic E-state index is -0.546. The molecule has 0 spiro atoms. The van der Waals surface area contributed by atoms with Crippen molar-refractivity contribution in [2.75, 3.05) is 26.2 Å². The van der Waals surface area contributed by atoms with Gasteiger partial charge in [0.1, 0.15) is 0 Å². The van der Waals surface area contributed by atoms with E-state index in [1.165, 1.54) is 12.0 Å². The summed E-state index contributed by atoms with van der Waals surface area (Å²) in [5.74, 6) is 1.61. The molecule has 0 aromatic carbocycles. The maximum atomic E-state index is 10.3. The molecule has 2 heterocycles. The zero-order valence-electron chi connectivity index (χ0n) is 14.7. The average molecular weight is 447 g/mol. The first kappa shape index (κ1) is 19.5. The predicted molar refractivity (Wildman–Crippen MR) is 107 cm³/mol. The lowest BCUT2D eigenvalue weighted by Crippen LogP contribution is -2.44. The normalized spacial score (nSPS) is 22.9. The summed E-state index contributed by atoms with van der Waals surface area (Å²) in [4.78, 5) is 7.04. The number of aromatic nitrogens is 2. The minimum Gasteiger partial charge on any atom is -0.388 e. The molecular formula is C17H30IN5O. The molecule has 0 amide bonds. The largest absolute Gasteiger partial charge is 0.388 e. The number of nitrogens with one attached hydrogen (secondary N) is 1. The van der Waals surface area contributed by atoms with Crippen molar-refractivity contribution in [2.24, 2.45) is 18.0 Å². The lowest BCUT2D eigenvalue weighted by molar-refractivity contribution is -0.0237. The molecule has 136 valence electrons. The van der Waals surface area contributed by atoms with Crippen LogP contribution in [0.4, 0.5) is 0 Å². The second-order valence-electron chi connectivity index (χ2n) is 7.08. The lowest BCUT2D eigenvalue weighted by Gasteiger charge is -2.35. The zero-order chi connectivity index (χ0) is 16.3. The van der Waals surface area contributed by atoms with Crippen LogP contribution in [0.25, 0.3) is 0 Å². The number of guanidine groups is 1. The Labute approximate surface area is 161 Å². The fourth-order valence-electron chi connectivity index (χ4n) is 3.49. The van der Waals surface area contributed by atoms with Gasteiger partial charge in [-0.1, -0.05) is 0 Å². The summed E-state index contributed by atoms with van der Waals surface area (Å²) < 4.78 is 1.87. The Balaban J connectivity index is 0.00000208. The summed E-state index contributed by atoms with van der Waals surface area (Å²) in [5.41, 5.74) is 0.764. The van der Waals surface area contributed by atoms with E-state index in [-0.39, 0.29) is 24.0 Å². The van der Waals surface area contributed by atoms with Gasteiger partial charge in [-0.25, -0.2) is 0 Å². The van der Waals surface area contributed by atoms with Crippen LogP contribution in [0.15, 0.2) is 17.4 Å². The summed E-state index contributed by atoms with van der Waals surface area (Å²) in [6, 6.07) is 0. The highest BCUT2D eigenvalue weighted by Crippen LogP contribution is 2.31. The molecule has 1 saturated carbocycles. The third kappa shape index (κ3) is 4.84. The van der Waals surface area contributed by atoms with Gasteiger partial charge in [-0.3, -0.25) is 9.67 Å². The van der Waals surface area contributed by atoms with Gasteiger partial charge in [-0.05, 0) is 50.5 Å². The SMILES string of the molecule is CCNC(=NCC1(O)CCC1)N1CCC(Cc2cnn(C)c2)C1.I. The van der Waals surface area contributed by atoms with Gasteiger partial charge in [0.15, 0.2) is 5.96 Å². The Morgan fingerprint density at radius 1 is 1.50 bits per heavy atom. The van der Waals surface area contributed by atoms with E-state index in [0.29, 0.717) is 12.5 Å². The molecular weight excluding hydrogens is 417 g/mol. The maximum absolute atomic E-state index is 10.3. The molecule has 1 aromatic rings. The van der Waals surface area contributed by atoms with E-state index < -0.39 is 5.60 Å². The average Bonchev–Trinajstić information content (AvgIpc) is 3.11. The molecule has 3 rings (SSSR count). The zero-order valence-corrected chi connectivity index (χ0v) is 17.1. The smallest absolute Gasteiger partial charge is 0.194 e. The van der Waals surface area contributed by atoms with Crippen LogP contribution in [0.1, 0.15) is 38.2 Å². The third-order valence-corrected chi connectivity index (χ3v) is 5.01. The van der Waals surface area contributed by atoms with E-state index in [1.54, 1.807) is 0 Å². The van der Waals surface area contributed by atoms with E-state index in [2.05, 4.69) is 28.4 Å². The van der Waals surface area contributed by atoms with Crippen molar-refractivity contribution >= 4 is 29.9 Å². The molecule has 0 bridgehead atoms. The highest BCUT2D eigenvalue weighted by Gasteiger charge is 2.34. The van der Waals surface area contributed by atoms with E-state index in [1.807, 2.05) is 17.9 Å². The second kappa shape index (κ2) is 8.51. The molecule has 1 aromatic heterocycles. The molecule has 2 aliphatic rings. The number of rotatable bonds is 5. The summed E-state index contributed by atoms with van der Waals surface area (Å²) in [5, 5.41) is 17.9. The number of nitrogens with zero attached hydrogens (tertiary/aromatic N) is 4. The number of aliphatic hydroxyl groups is 1. The Kier molecular flexibility index (Phi) is 6.91. The van der Waals surface area contributed by atoms with Gasteiger partial charge >= 0.3 is 0 Å². The number of aryl methyl sites for hydroxylation is 1. The van der Waals surface area contributed by atoms with E-state index in [0.717, 1.165) is 51.3 Å². The van der Waals surface area contributed by atoms with Crippen molar-refractivity contribution in [1.29, 1.82) is 0 Å². The highest BCUT2D eigenvalue weighted by molar-refractivity contribution is 14.0. The van der Waals surface area contributed by atoms with Gasteiger partial charge in [0.05, 0.1) is 18.3 Å². The Bertz CT molecular complexity index is 555. The molecule has 6 nitrogen and oxygen atoms in total. The lowest BCUT2D eigenvalue weighted by atomic mass is 9.80. The van der Waals surface area contributed by atoms with Gasteiger partial charge in [0, 0.05) is 32.9 Å². The summed E-state index contributed by atoms with van der Waals surface area (Å²) in [6.07, 6.45) is 9.23. The third-order valence-electron chi connectivity index (χ3n) is 5.01. The highest BCUT2D eigenvalue weighted by atomic mass is 127. The van der Waals surface area contributed by atoms with Crippen molar-refractivity contribution in [1.82, 2.24) is 20.0 Å². The fourth-order valence-corrected chi connectivity index (χ4v) is 3.49. The number of hydrogen-bond donors (Lipinski definition) is 2.